The molecule has 2 aromatic heterocycles. The Bertz CT molecular complexity index is 1360. The summed E-state index contributed by atoms with van der Waals surface area (Å²) in [6.45, 7) is -0.116. The van der Waals surface area contributed by atoms with E-state index in [4.69, 9.17) is 4.42 Å². The van der Waals surface area contributed by atoms with Gasteiger partial charge in [-0.3, -0.25) is 9.36 Å². The largest absolute Gasteiger partial charge is 0.420 e. The van der Waals surface area contributed by atoms with Crippen LogP contribution in [-0.2, 0) is 11.3 Å². The highest BCUT2D eigenvalue weighted by atomic mass is 32.1. The quantitative estimate of drug-likeness (QED) is 0.481. The Morgan fingerprint density at radius 1 is 1.00 bits per heavy atom. The Morgan fingerprint density at radius 3 is 2.59 bits per heavy atom. The van der Waals surface area contributed by atoms with Crippen molar-refractivity contribution in [1.29, 1.82) is 0 Å². The zero-order valence-electron chi connectivity index (χ0n) is 15.2. The summed E-state index contributed by atoms with van der Waals surface area (Å²) >= 11 is 1.63. The van der Waals surface area contributed by atoms with Crippen molar-refractivity contribution in [2.45, 2.75) is 6.54 Å². The maximum Gasteiger partial charge on any atom is 0.420 e. The van der Waals surface area contributed by atoms with Crippen LogP contribution in [-0.4, -0.2) is 15.5 Å². The molecule has 0 spiro atoms. The maximum atomic E-state index is 12.4. The second-order valence-corrected chi connectivity index (χ2v) is 7.56. The summed E-state index contributed by atoms with van der Waals surface area (Å²) in [6, 6.07) is 22.5. The van der Waals surface area contributed by atoms with Crippen LogP contribution in [0.3, 0.4) is 0 Å². The molecule has 7 heteroatoms. The van der Waals surface area contributed by atoms with E-state index in [-0.39, 0.29) is 12.5 Å². The molecule has 0 radical (unpaired) electrons. The summed E-state index contributed by atoms with van der Waals surface area (Å²) in [5.41, 5.74) is 3.67. The molecular weight excluding hydrogens is 386 g/mol. The standard InChI is InChI=1S/C22H15N3O3S/c26-20(13-25-17-6-2-3-7-18(17)28-22(25)27)23-15-11-9-14(10-12-15)21-24-16-5-1-4-8-19(16)29-21/h1-12H,13H2,(H,23,26). The first-order valence-electron chi connectivity index (χ1n) is 9.02. The van der Waals surface area contributed by atoms with Gasteiger partial charge in [-0.2, -0.15) is 0 Å². The second-order valence-electron chi connectivity index (χ2n) is 6.53. The van der Waals surface area contributed by atoms with Gasteiger partial charge in [0, 0.05) is 11.3 Å². The van der Waals surface area contributed by atoms with E-state index < -0.39 is 5.76 Å². The number of anilines is 1. The highest BCUT2D eigenvalue weighted by molar-refractivity contribution is 7.21. The minimum Gasteiger partial charge on any atom is -0.408 e. The van der Waals surface area contributed by atoms with E-state index in [1.54, 1.807) is 35.6 Å². The molecule has 0 unspecified atom stereocenters. The number of para-hydroxylation sites is 3. The number of rotatable bonds is 4. The van der Waals surface area contributed by atoms with Gasteiger partial charge in [0.15, 0.2) is 5.58 Å². The normalized spacial score (nSPS) is 11.2. The highest BCUT2D eigenvalue weighted by Gasteiger charge is 2.13. The van der Waals surface area contributed by atoms with Gasteiger partial charge in [-0.1, -0.05) is 24.3 Å². The smallest absolute Gasteiger partial charge is 0.408 e. The molecule has 2 heterocycles. The highest BCUT2D eigenvalue weighted by Crippen LogP contribution is 2.30. The third-order valence-corrected chi connectivity index (χ3v) is 5.67. The number of amides is 1. The van der Waals surface area contributed by atoms with Gasteiger partial charge in [-0.25, -0.2) is 9.78 Å². The molecule has 142 valence electrons. The van der Waals surface area contributed by atoms with Gasteiger partial charge in [0.25, 0.3) is 0 Å². The van der Waals surface area contributed by atoms with Crippen LogP contribution in [0, 0.1) is 0 Å². The van der Waals surface area contributed by atoms with Crippen LogP contribution in [0.2, 0.25) is 0 Å². The fraction of sp³-hybridized carbons (Fsp3) is 0.0455. The van der Waals surface area contributed by atoms with Crippen molar-refractivity contribution in [3.8, 4) is 10.6 Å². The number of carbonyl (C=O) groups excluding carboxylic acids is 1. The molecule has 3 aromatic carbocycles. The van der Waals surface area contributed by atoms with Crippen molar-refractivity contribution in [2.75, 3.05) is 5.32 Å². The van der Waals surface area contributed by atoms with Crippen LogP contribution < -0.4 is 11.1 Å². The molecule has 1 amide bonds. The maximum absolute atomic E-state index is 12.4. The van der Waals surface area contributed by atoms with Gasteiger partial charge in [-0.15, -0.1) is 11.3 Å². The lowest BCUT2D eigenvalue weighted by Crippen LogP contribution is -2.24. The predicted octanol–water partition coefficient (Wildman–Crippen LogP) is 4.51. The number of nitrogens with one attached hydrogen (secondary N) is 1. The van der Waals surface area contributed by atoms with Gasteiger partial charge >= 0.3 is 5.76 Å². The molecule has 0 atom stereocenters. The Kier molecular flexibility index (Phi) is 4.22. The lowest BCUT2D eigenvalue weighted by molar-refractivity contribution is -0.116. The topological polar surface area (TPSA) is 77.1 Å². The number of hydrogen-bond donors (Lipinski definition) is 1. The van der Waals surface area contributed by atoms with E-state index in [1.165, 1.54) is 4.57 Å². The van der Waals surface area contributed by atoms with Crippen LogP contribution >= 0.6 is 11.3 Å². The van der Waals surface area contributed by atoms with E-state index in [1.807, 2.05) is 48.5 Å². The molecule has 0 bridgehead atoms. The third-order valence-electron chi connectivity index (χ3n) is 4.58. The van der Waals surface area contributed by atoms with E-state index in [0.29, 0.717) is 16.8 Å². The predicted molar refractivity (Wildman–Crippen MR) is 114 cm³/mol. The number of aromatic nitrogens is 2. The number of nitrogens with zero attached hydrogens (tertiary/aromatic N) is 2. The third kappa shape index (κ3) is 3.32. The number of fused-ring (bicyclic) bond motifs is 2. The molecule has 5 aromatic rings. The lowest BCUT2D eigenvalue weighted by Gasteiger charge is -2.06. The summed E-state index contributed by atoms with van der Waals surface area (Å²) in [4.78, 5) is 29.1. The van der Waals surface area contributed by atoms with Gasteiger partial charge in [0.05, 0.1) is 15.7 Å². The SMILES string of the molecule is O=C(Cn1c(=O)oc2ccccc21)Nc1ccc(-c2nc3ccccc3s2)cc1. The Balaban J connectivity index is 1.33. The average Bonchev–Trinajstić information content (AvgIpc) is 3.30. The van der Waals surface area contributed by atoms with E-state index in [0.717, 1.165) is 20.8 Å². The number of hydrogen-bond acceptors (Lipinski definition) is 5. The number of carbonyl (C=O) groups is 1. The summed E-state index contributed by atoms with van der Waals surface area (Å²) in [5.74, 6) is -0.848. The van der Waals surface area contributed by atoms with Crippen molar-refractivity contribution in [2.24, 2.45) is 0 Å². The molecule has 0 fully saturated rings. The monoisotopic (exact) mass is 401 g/mol. The minimum atomic E-state index is -0.549. The van der Waals surface area contributed by atoms with Crippen LogP contribution in [0.1, 0.15) is 0 Å². The molecule has 6 nitrogen and oxygen atoms in total. The number of oxazole rings is 1. The van der Waals surface area contributed by atoms with Crippen molar-refractivity contribution >= 4 is 44.2 Å². The van der Waals surface area contributed by atoms with Crippen molar-refractivity contribution in [3.63, 3.8) is 0 Å². The zero-order chi connectivity index (χ0) is 19.8. The zero-order valence-corrected chi connectivity index (χ0v) is 16.0. The molecule has 0 aliphatic carbocycles. The first kappa shape index (κ1) is 17.4. The van der Waals surface area contributed by atoms with Crippen molar-refractivity contribution in [3.05, 3.63) is 83.3 Å². The second kappa shape index (κ2) is 7.03. The lowest BCUT2D eigenvalue weighted by atomic mass is 10.2. The van der Waals surface area contributed by atoms with Gasteiger partial charge in [0.1, 0.15) is 11.6 Å². The molecule has 5 rings (SSSR count). The Hall–Kier alpha value is -3.71. The summed E-state index contributed by atoms with van der Waals surface area (Å²) < 4.78 is 7.62. The first-order chi connectivity index (χ1) is 14.2. The van der Waals surface area contributed by atoms with Crippen LogP contribution in [0.4, 0.5) is 5.69 Å². The first-order valence-corrected chi connectivity index (χ1v) is 9.83. The number of thiazole rings is 1. The van der Waals surface area contributed by atoms with Gasteiger partial charge < -0.3 is 9.73 Å². The summed E-state index contributed by atoms with van der Waals surface area (Å²) in [7, 11) is 0. The molecule has 0 aliphatic heterocycles. The van der Waals surface area contributed by atoms with E-state index in [9.17, 15) is 9.59 Å². The molecule has 0 saturated heterocycles. The van der Waals surface area contributed by atoms with Gasteiger partial charge in [-0.05, 0) is 48.5 Å². The van der Waals surface area contributed by atoms with Crippen LogP contribution in [0.25, 0.3) is 31.9 Å². The van der Waals surface area contributed by atoms with Gasteiger partial charge in [0.2, 0.25) is 5.91 Å². The summed E-state index contributed by atoms with van der Waals surface area (Å²) in [6.07, 6.45) is 0. The fourth-order valence-electron chi connectivity index (χ4n) is 3.20. The molecule has 0 aliphatic rings. The van der Waals surface area contributed by atoms with E-state index >= 15 is 0 Å². The average molecular weight is 401 g/mol. The van der Waals surface area contributed by atoms with E-state index in [2.05, 4.69) is 10.3 Å². The molecular formula is C22H15N3O3S. The van der Waals surface area contributed by atoms with Crippen LogP contribution in [0.5, 0.6) is 0 Å². The Morgan fingerprint density at radius 2 is 1.76 bits per heavy atom. The number of benzene rings is 3. The Labute approximate surface area is 169 Å². The van der Waals surface area contributed by atoms with Crippen molar-refractivity contribution in [1.82, 2.24) is 9.55 Å². The van der Waals surface area contributed by atoms with Crippen LogP contribution in [0.15, 0.2) is 82.0 Å². The molecule has 0 saturated carbocycles. The van der Waals surface area contributed by atoms with Crippen molar-refractivity contribution < 1.29 is 9.21 Å². The molecule has 29 heavy (non-hydrogen) atoms. The minimum absolute atomic E-state index is 0.116. The summed E-state index contributed by atoms with van der Waals surface area (Å²) in [5, 5.41) is 3.75. The fourth-order valence-corrected chi connectivity index (χ4v) is 4.17. The molecule has 1 N–H and O–H groups in total.